The summed E-state index contributed by atoms with van der Waals surface area (Å²) in [6.45, 7) is 0. The molecule has 13 aromatic rings. The van der Waals surface area contributed by atoms with Gasteiger partial charge in [-0.3, -0.25) is 0 Å². The van der Waals surface area contributed by atoms with Gasteiger partial charge >= 0.3 is 0 Å². The van der Waals surface area contributed by atoms with Gasteiger partial charge in [0.15, 0.2) is 0 Å². The molecule has 0 atom stereocenters. The van der Waals surface area contributed by atoms with E-state index in [1.54, 1.807) is 0 Å². The Labute approximate surface area is 341 Å². The molecular weight excluding hydrogens is 743 g/mol. The van der Waals surface area contributed by atoms with Crippen LogP contribution in [0, 0.1) is 0 Å². The largest absolute Gasteiger partial charge is 0.456 e. The van der Waals surface area contributed by atoms with Crippen molar-refractivity contribution < 1.29 is 4.42 Å². The smallest absolute Gasteiger partial charge is 0.136 e. The van der Waals surface area contributed by atoms with Crippen molar-refractivity contribution >= 4 is 134 Å². The maximum atomic E-state index is 6.37. The van der Waals surface area contributed by atoms with E-state index in [-0.39, 0.29) is 0 Å². The lowest BCUT2D eigenvalue weighted by Gasteiger charge is -2.27. The summed E-state index contributed by atoms with van der Waals surface area (Å²) >= 11 is 3.74. The highest BCUT2D eigenvalue weighted by Gasteiger charge is 2.21. The standard InChI is InChI=1S/C54H31NOS2/c1-3-12-38-32(9-1)11-7-16-45(38)55(37-24-28-49-44(31-37)54-51(58-49)26-22-34-20-19-33-10-2-4-13-39(33)52(34)54)36-23-27-48-43(30-36)53-40(15-8-18-50(53)57-48)35-21-25-42-41-14-5-6-17-46(41)56-47(42)29-35/h1-31H. The molecule has 3 heterocycles. The van der Waals surface area contributed by atoms with Gasteiger partial charge < -0.3 is 9.32 Å². The number of para-hydroxylation sites is 1. The number of benzene rings is 10. The lowest BCUT2D eigenvalue weighted by atomic mass is 9.97. The predicted octanol–water partition coefficient (Wildman–Crippen LogP) is 16.9. The average molecular weight is 774 g/mol. The van der Waals surface area contributed by atoms with Gasteiger partial charge in [0.2, 0.25) is 0 Å². The lowest BCUT2D eigenvalue weighted by Crippen LogP contribution is -2.10. The maximum absolute atomic E-state index is 6.37. The number of thiophene rings is 2. The Balaban J connectivity index is 1.06. The molecule has 2 nitrogen and oxygen atoms in total. The first kappa shape index (κ1) is 32.1. The Morgan fingerprint density at radius 2 is 0.948 bits per heavy atom. The second kappa shape index (κ2) is 12.3. The molecule has 10 aromatic carbocycles. The van der Waals surface area contributed by atoms with E-state index in [0.717, 1.165) is 44.6 Å². The molecule has 58 heavy (non-hydrogen) atoms. The normalized spacial score (nSPS) is 12.1. The van der Waals surface area contributed by atoms with Crippen LogP contribution in [0.5, 0.6) is 0 Å². The summed E-state index contributed by atoms with van der Waals surface area (Å²) in [6, 6.07) is 69.1. The van der Waals surface area contributed by atoms with Crippen LogP contribution in [0.3, 0.4) is 0 Å². The number of rotatable bonds is 4. The third-order valence-electron chi connectivity index (χ3n) is 12.0. The first-order valence-electron chi connectivity index (χ1n) is 19.7. The fourth-order valence-electron chi connectivity index (χ4n) is 9.41. The number of hydrogen-bond donors (Lipinski definition) is 0. The summed E-state index contributed by atoms with van der Waals surface area (Å²) in [6.07, 6.45) is 0. The van der Waals surface area contributed by atoms with Gasteiger partial charge in [-0.05, 0) is 111 Å². The Morgan fingerprint density at radius 1 is 0.345 bits per heavy atom. The van der Waals surface area contributed by atoms with Crippen LogP contribution in [-0.4, -0.2) is 0 Å². The minimum Gasteiger partial charge on any atom is -0.456 e. The molecule has 270 valence electrons. The van der Waals surface area contributed by atoms with Crippen LogP contribution in [0.15, 0.2) is 192 Å². The molecule has 0 spiro atoms. The molecule has 0 radical (unpaired) electrons. The molecule has 0 bridgehead atoms. The zero-order valence-corrected chi connectivity index (χ0v) is 32.7. The van der Waals surface area contributed by atoms with Crippen molar-refractivity contribution in [2.24, 2.45) is 0 Å². The van der Waals surface area contributed by atoms with Crippen LogP contribution < -0.4 is 4.90 Å². The minimum atomic E-state index is 0.912. The molecule has 0 unspecified atom stereocenters. The number of furan rings is 1. The van der Waals surface area contributed by atoms with Crippen LogP contribution >= 0.6 is 22.7 Å². The predicted molar refractivity (Wildman–Crippen MR) is 252 cm³/mol. The van der Waals surface area contributed by atoms with Gasteiger partial charge in [-0.1, -0.05) is 115 Å². The summed E-state index contributed by atoms with van der Waals surface area (Å²) in [7, 11) is 0. The minimum absolute atomic E-state index is 0.912. The SMILES string of the molecule is c1ccc2c(N(c3ccc4sc5cccc(-c6ccc7c(c6)oc6ccccc67)c5c4c3)c3ccc4sc5ccc6ccc7ccccc7c6c5c4c3)cccc2c1. The van der Waals surface area contributed by atoms with E-state index >= 15 is 0 Å². The third-order valence-corrected chi connectivity index (χ3v) is 14.3. The van der Waals surface area contributed by atoms with Crippen LogP contribution in [0.4, 0.5) is 17.1 Å². The van der Waals surface area contributed by atoms with Gasteiger partial charge in [0, 0.05) is 67.9 Å². The van der Waals surface area contributed by atoms with Gasteiger partial charge in [0.25, 0.3) is 0 Å². The zero-order valence-electron chi connectivity index (χ0n) is 31.1. The lowest BCUT2D eigenvalue weighted by molar-refractivity contribution is 0.669. The molecule has 3 aromatic heterocycles. The summed E-state index contributed by atoms with van der Waals surface area (Å²) < 4.78 is 11.5. The first-order valence-corrected chi connectivity index (χ1v) is 21.3. The Morgan fingerprint density at radius 3 is 1.78 bits per heavy atom. The van der Waals surface area contributed by atoms with E-state index in [9.17, 15) is 0 Å². The molecule has 0 fully saturated rings. The van der Waals surface area contributed by atoms with Crippen LogP contribution in [-0.2, 0) is 0 Å². The van der Waals surface area contributed by atoms with Gasteiger partial charge in [0.05, 0.1) is 5.69 Å². The van der Waals surface area contributed by atoms with E-state index in [1.165, 1.54) is 78.2 Å². The second-order valence-corrected chi connectivity index (χ2v) is 17.4. The third kappa shape index (κ3) is 4.70. The molecule has 0 aliphatic rings. The van der Waals surface area contributed by atoms with Crippen molar-refractivity contribution in [2.45, 2.75) is 0 Å². The van der Waals surface area contributed by atoms with Crippen molar-refractivity contribution in [1.29, 1.82) is 0 Å². The van der Waals surface area contributed by atoms with Gasteiger partial charge in [-0.2, -0.15) is 0 Å². The Kier molecular flexibility index (Phi) is 6.79. The summed E-state index contributed by atoms with van der Waals surface area (Å²) in [5.74, 6) is 0. The Bertz CT molecular complexity index is 3820. The summed E-state index contributed by atoms with van der Waals surface area (Å²) in [4.78, 5) is 2.47. The zero-order chi connectivity index (χ0) is 37.9. The second-order valence-electron chi connectivity index (χ2n) is 15.2. The van der Waals surface area contributed by atoms with E-state index in [2.05, 4.69) is 181 Å². The van der Waals surface area contributed by atoms with Crippen molar-refractivity contribution in [3.05, 3.63) is 188 Å². The van der Waals surface area contributed by atoms with E-state index in [1.807, 2.05) is 34.8 Å². The highest BCUT2D eigenvalue weighted by atomic mass is 32.1. The molecule has 0 saturated carbocycles. The highest BCUT2D eigenvalue weighted by Crippen LogP contribution is 2.48. The van der Waals surface area contributed by atoms with E-state index in [4.69, 9.17) is 4.42 Å². The molecular formula is C54H31NOS2. The average Bonchev–Trinajstić information content (AvgIpc) is 3.97. The first-order chi connectivity index (χ1) is 28.7. The fourth-order valence-corrected chi connectivity index (χ4v) is 11.6. The van der Waals surface area contributed by atoms with Gasteiger partial charge in [-0.15, -0.1) is 22.7 Å². The molecule has 4 heteroatoms. The van der Waals surface area contributed by atoms with Crippen molar-refractivity contribution in [1.82, 2.24) is 0 Å². The van der Waals surface area contributed by atoms with Crippen LogP contribution in [0.25, 0.3) is 106 Å². The molecule has 0 N–H and O–H groups in total. The number of fused-ring (bicyclic) bond motifs is 14. The van der Waals surface area contributed by atoms with Crippen LogP contribution in [0.1, 0.15) is 0 Å². The van der Waals surface area contributed by atoms with Gasteiger partial charge in [-0.25, -0.2) is 0 Å². The van der Waals surface area contributed by atoms with E-state index in [0.29, 0.717) is 0 Å². The van der Waals surface area contributed by atoms with Crippen molar-refractivity contribution in [2.75, 3.05) is 4.90 Å². The summed E-state index contributed by atoms with van der Waals surface area (Å²) in [5, 5.41) is 15.0. The monoisotopic (exact) mass is 773 g/mol. The number of hydrogen-bond acceptors (Lipinski definition) is 4. The van der Waals surface area contributed by atoms with E-state index < -0.39 is 0 Å². The molecule has 0 aliphatic heterocycles. The quantitative estimate of drug-likeness (QED) is 0.166. The highest BCUT2D eigenvalue weighted by molar-refractivity contribution is 7.26. The molecule has 0 aliphatic carbocycles. The maximum Gasteiger partial charge on any atom is 0.136 e. The molecule has 0 amide bonds. The molecule has 13 rings (SSSR count). The van der Waals surface area contributed by atoms with Gasteiger partial charge in [0.1, 0.15) is 11.2 Å². The van der Waals surface area contributed by atoms with Crippen molar-refractivity contribution in [3.8, 4) is 11.1 Å². The van der Waals surface area contributed by atoms with Crippen LogP contribution in [0.2, 0.25) is 0 Å². The summed E-state index contributed by atoms with van der Waals surface area (Å²) in [5.41, 5.74) is 7.61. The molecule has 0 saturated heterocycles. The topological polar surface area (TPSA) is 16.4 Å². The Hall–Kier alpha value is -6.98. The fraction of sp³-hybridized carbons (Fsp3) is 0. The van der Waals surface area contributed by atoms with Crippen molar-refractivity contribution in [3.63, 3.8) is 0 Å². The number of nitrogens with zero attached hydrogens (tertiary/aromatic N) is 1. The number of anilines is 3.